The lowest BCUT2D eigenvalue weighted by Gasteiger charge is -2.37. The maximum absolute atomic E-state index is 13.6. The average Bonchev–Trinajstić information content (AvgIpc) is 3.47. The van der Waals surface area contributed by atoms with Crippen LogP contribution in [0.4, 0.5) is 5.69 Å². The van der Waals surface area contributed by atoms with Gasteiger partial charge in [-0.1, -0.05) is 49.1 Å². The molecule has 34 heavy (non-hydrogen) atoms. The Morgan fingerprint density at radius 1 is 1.18 bits per heavy atom. The number of nitrogens with zero attached hydrogens (tertiary/aromatic N) is 4. The Bertz CT molecular complexity index is 1210. The molecular formula is C25H30N4O3S2. The van der Waals surface area contributed by atoms with Gasteiger partial charge in [0.25, 0.3) is 11.5 Å². The van der Waals surface area contributed by atoms with Gasteiger partial charge in [-0.25, -0.2) is 0 Å². The normalized spacial score (nSPS) is 23.1. The molecule has 0 saturated carbocycles. The first-order chi connectivity index (χ1) is 16.5. The fourth-order valence-electron chi connectivity index (χ4n) is 5.04. The number of rotatable bonds is 5. The van der Waals surface area contributed by atoms with Gasteiger partial charge in [0.2, 0.25) is 0 Å². The molecule has 0 aliphatic carbocycles. The molecule has 0 bridgehead atoms. The molecule has 1 amide bonds. The number of anilines is 1. The first-order valence-electron chi connectivity index (χ1n) is 11.9. The number of aromatic nitrogens is 1. The topological polar surface area (TPSA) is 58.0 Å². The van der Waals surface area contributed by atoms with Crippen LogP contribution < -0.4 is 10.5 Å². The predicted octanol–water partition coefficient (Wildman–Crippen LogP) is 3.06. The number of hydrogen-bond acceptors (Lipinski definition) is 7. The molecule has 1 aromatic carbocycles. The largest absolute Gasteiger partial charge is 0.376 e. The molecule has 180 valence electrons. The maximum atomic E-state index is 13.6. The summed E-state index contributed by atoms with van der Waals surface area (Å²) < 4.78 is 7.93. The molecule has 3 aliphatic heterocycles. The molecule has 3 fully saturated rings. The lowest BCUT2D eigenvalue weighted by molar-refractivity contribution is -0.123. The minimum absolute atomic E-state index is 0.0285. The number of amides is 1. The van der Waals surface area contributed by atoms with Gasteiger partial charge in [-0.05, 0) is 31.5 Å². The van der Waals surface area contributed by atoms with Crippen LogP contribution in [0.5, 0.6) is 0 Å². The molecular weight excluding hydrogens is 468 g/mol. The van der Waals surface area contributed by atoms with Gasteiger partial charge in [-0.15, -0.1) is 0 Å². The van der Waals surface area contributed by atoms with E-state index < -0.39 is 0 Å². The zero-order valence-corrected chi connectivity index (χ0v) is 21.3. The van der Waals surface area contributed by atoms with E-state index in [-0.39, 0.29) is 17.6 Å². The lowest BCUT2D eigenvalue weighted by Crippen LogP contribution is -2.47. The highest BCUT2D eigenvalue weighted by atomic mass is 32.2. The summed E-state index contributed by atoms with van der Waals surface area (Å²) in [6, 6.07) is 8.00. The number of likely N-dealkylation sites (N-methyl/N-ethyl adjacent to an activating group) is 1. The van der Waals surface area contributed by atoms with Gasteiger partial charge in [0.05, 0.1) is 34.3 Å². The molecule has 3 aliphatic rings. The first-order valence-corrected chi connectivity index (χ1v) is 13.2. The van der Waals surface area contributed by atoms with Gasteiger partial charge < -0.3 is 19.1 Å². The van der Waals surface area contributed by atoms with Crippen molar-refractivity contribution < 1.29 is 9.53 Å². The van der Waals surface area contributed by atoms with Crippen molar-refractivity contribution in [1.29, 1.82) is 0 Å². The third kappa shape index (κ3) is 4.30. The highest BCUT2D eigenvalue weighted by Crippen LogP contribution is 2.36. The Balaban J connectivity index is 1.57. The second-order valence-corrected chi connectivity index (χ2v) is 10.7. The number of fused-ring (bicyclic) bond motifs is 1. The van der Waals surface area contributed by atoms with Crippen LogP contribution in [0.3, 0.4) is 0 Å². The number of benzene rings is 1. The van der Waals surface area contributed by atoms with Crippen molar-refractivity contribution in [3.05, 3.63) is 45.1 Å². The standard InChI is InChI=1S/C25H30N4O3S2/c1-3-27-10-12-28(13-11-27)22-18-8-4-5-9-20(18)26(2)23(30)19(22)15-21-24(31)29(25(33)34-21)16-17-7-6-14-32-17/h4-5,8-9,15,17H,3,6-7,10-14,16H2,1-2H3. The van der Waals surface area contributed by atoms with Gasteiger partial charge in [0.15, 0.2) is 0 Å². The van der Waals surface area contributed by atoms with Gasteiger partial charge in [0, 0.05) is 45.2 Å². The lowest BCUT2D eigenvalue weighted by atomic mass is 10.1. The minimum atomic E-state index is -0.137. The number of carbonyl (C=O) groups is 1. The quantitative estimate of drug-likeness (QED) is 0.464. The number of pyridine rings is 1. The second kappa shape index (κ2) is 9.81. The molecule has 1 atom stereocenters. The first kappa shape index (κ1) is 23.5. The Labute approximate surface area is 209 Å². The summed E-state index contributed by atoms with van der Waals surface area (Å²) in [5, 5.41) is 1.02. The van der Waals surface area contributed by atoms with Crippen LogP contribution >= 0.6 is 24.0 Å². The summed E-state index contributed by atoms with van der Waals surface area (Å²) in [6.07, 6.45) is 3.75. The van der Waals surface area contributed by atoms with Gasteiger partial charge >= 0.3 is 0 Å². The van der Waals surface area contributed by atoms with E-state index in [4.69, 9.17) is 17.0 Å². The van der Waals surface area contributed by atoms with Crippen LogP contribution in [-0.2, 0) is 16.6 Å². The molecule has 1 unspecified atom stereocenters. The molecule has 2 aromatic rings. The summed E-state index contributed by atoms with van der Waals surface area (Å²) in [6.45, 7) is 7.97. The Kier molecular flexibility index (Phi) is 6.79. The molecule has 0 spiro atoms. The molecule has 9 heteroatoms. The Morgan fingerprint density at radius 3 is 2.65 bits per heavy atom. The summed E-state index contributed by atoms with van der Waals surface area (Å²) in [7, 11) is 1.80. The van der Waals surface area contributed by atoms with Gasteiger partial charge in [-0.3, -0.25) is 14.5 Å². The van der Waals surface area contributed by atoms with E-state index >= 15 is 0 Å². The average molecular weight is 499 g/mol. The zero-order valence-electron chi connectivity index (χ0n) is 19.7. The third-order valence-corrected chi connectivity index (χ3v) is 8.38. The second-order valence-electron chi connectivity index (χ2n) is 8.99. The fraction of sp³-hybridized carbons (Fsp3) is 0.480. The number of aryl methyl sites for hydroxylation is 1. The smallest absolute Gasteiger partial charge is 0.266 e. The minimum Gasteiger partial charge on any atom is -0.376 e. The van der Waals surface area contributed by atoms with Crippen LogP contribution in [0.25, 0.3) is 17.0 Å². The number of para-hydroxylation sites is 1. The molecule has 0 N–H and O–H groups in total. The summed E-state index contributed by atoms with van der Waals surface area (Å²) in [5.74, 6) is -0.137. The van der Waals surface area contributed by atoms with E-state index in [0.717, 1.165) is 68.8 Å². The van der Waals surface area contributed by atoms with Crippen LogP contribution in [0.1, 0.15) is 25.3 Å². The van der Waals surface area contributed by atoms with Crippen molar-refractivity contribution in [2.75, 3.05) is 50.8 Å². The molecule has 4 heterocycles. The van der Waals surface area contributed by atoms with Gasteiger partial charge in [-0.2, -0.15) is 0 Å². The summed E-state index contributed by atoms with van der Waals surface area (Å²) in [5.41, 5.74) is 2.27. The highest BCUT2D eigenvalue weighted by Gasteiger charge is 2.35. The highest BCUT2D eigenvalue weighted by molar-refractivity contribution is 8.26. The molecule has 5 rings (SSSR count). The van der Waals surface area contributed by atoms with Crippen LogP contribution in [-0.4, -0.2) is 76.6 Å². The van der Waals surface area contributed by atoms with Crippen LogP contribution in [0, 0.1) is 0 Å². The number of carbonyl (C=O) groups excluding carboxylic acids is 1. The fourth-order valence-corrected chi connectivity index (χ4v) is 6.30. The van der Waals surface area contributed by atoms with Crippen molar-refractivity contribution in [2.24, 2.45) is 7.05 Å². The van der Waals surface area contributed by atoms with E-state index in [1.807, 2.05) is 18.2 Å². The van der Waals surface area contributed by atoms with Crippen molar-refractivity contribution >= 4 is 56.9 Å². The molecule has 7 nitrogen and oxygen atoms in total. The monoisotopic (exact) mass is 498 g/mol. The molecule has 1 aromatic heterocycles. The van der Waals surface area contributed by atoms with Crippen molar-refractivity contribution in [3.63, 3.8) is 0 Å². The van der Waals surface area contributed by atoms with E-state index in [0.29, 0.717) is 21.3 Å². The summed E-state index contributed by atoms with van der Waals surface area (Å²) in [4.78, 5) is 33.7. The number of ether oxygens (including phenoxy) is 1. The number of thioether (sulfide) groups is 1. The summed E-state index contributed by atoms with van der Waals surface area (Å²) >= 11 is 6.82. The number of piperazine rings is 1. The molecule has 3 saturated heterocycles. The van der Waals surface area contributed by atoms with E-state index in [1.54, 1.807) is 22.6 Å². The Hall–Kier alpha value is -2.20. The van der Waals surface area contributed by atoms with E-state index in [9.17, 15) is 9.59 Å². The van der Waals surface area contributed by atoms with E-state index in [1.165, 1.54) is 11.8 Å². The zero-order chi connectivity index (χ0) is 23.8. The molecule has 0 radical (unpaired) electrons. The predicted molar refractivity (Wildman–Crippen MR) is 142 cm³/mol. The van der Waals surface area contributed by atoms with Crippen molar-refractivity contribution in [2.45, 2.75) is 25.9 Å². The van der Waals surface area contributed by atoms with Gasteiger partial charge in [0.1, 0.15) is 4.32 Å². The van der Waals surface area contributed by atoms with Crippen LogP contribution in [0.15, 0.2) is 34.0 Å². The van der Waals surface area contributed by atoms with Crippen molar-refractivity contribution in [3.8, 4) is 0 Å². The number of thiocarbonyl (C=S) groups is 1. The number of hydrogen-bond donors (Lipinski definition) is 0. The van der Waals surface area contributed by atoms with Crippen molar-refractivity contribution in [1.82, 2.24) is 14.4 Å². The SMILES string of the molecule is CCN1CCN(c2c(C=C3SC(=S)N(CC4CCCO4)C3=O)c(=O)n(C)c3ccccc23)CC1. The maximum Gasteiger partial charge on any atom is 0.266 e. The van der Waals surface area contributed by atoms with Crippen LogP contribution in [0.2, 0.25) is 0 Å². The Morgan fingerprint density at radius 2 is 1.94 bits per heavy atom. The van der Waals surface area contributed by atoms with E-state index in [2.05, 4.69) is 22.8 Å². The third-order valence-electron chi connectivity index (χ3n) is 7.01.